The second-order valence-corrected chi connectivity index (χ2v) is 10.3. The Hall–Kier alpha value is -3.98. The quantitative estimate of drug-likeness (QED) is 0.106. The van der Waals surface area contributed by atoms with Gasteiger partial charge in [0.15, 0.2) is 22.4 Å². The molecule has 1 fully saturated rings. The van der Waals surface area contributed by atoms with E-state index in [-0.39, 0.29) is 22.2 Å². The lowest BCUT2D eigenvalue weighted by atomic mass is 9.95. The number of amides is 1. The first kappa shape index (κ1) is 28.0. The van der Waals surface area contributed by atoms with E-state index in [1.807, 2.05) is 26.0 Å². The average Bonchev–Trinajstić information content (AvgIpc) is 3.42. The lowest BCUT2D eigenvalue weighted by molar-refractivity contribution is -0.132. The van der Waals surface area contributed by atoms with Crippen LogP contribution in [0.15, 0.2) is 48.0 Å². The number of aryl methyl sites for hydroxylation is 2. The fourth-order valence-electron chi connectivity index (χ4n) is 4.43. The summed E-state index contributed by atoms with van der Waals surface area (Å²) in [7, 11) is 0. The van der Waals surface area contributed by atoms with Crippen LogP contribution in [0.3, 0.4) is 0 Å². The van der Waals surface area contributed by atoms with Gasteiger partial charge >= 0.3 is 5.91 Å². The van der Waals surface area contributed by atoms with Gasteiger partial charge < -0.3 is 14.6 Å². The molecular weight excluding hydrogens is 516 g/mol. The predicted octanol–water partition coefficient (Wildman–Crippen LogP) is 6.17. The highest BCUT2D eigenvalue weighted by Crippen LogP contribution is 2.45. The maximum absolute atomic E-state index is 13.5. The number of benzene rings is 2. The Balaban J connectivity index is 1.92. The first-order valence-corrected chi connectivity index (χ1v) is 13.7. The topological polar surface area (TPSA) is 106 Å². The van der Waals surface area contributed by atoms with Gasteiger partial charge in [-0.1, -0.05) is 60.6 Å². The van der Waals surface area contributed by atoms with Crippen molar-refractivity contribution in [3.63, 3.8) is 0 Å². The van der Waals surface area contributed by atoms with Gasteiger partial charge in [-0.3, -0.25) is 19.3 Å². The minimum atomic E-state index is -0.999. The van der Waals surface area contributed by atoms with Crippen LogP contribution < -0.4 is 14.4 Å². The van der Waals surface area contributed by atoms with Crippen LogP contribution in [-0.2, 0) is 9.59 Å². The van der Waals surface area contributed by atoms with Crippen molar-refractivity contribution in [2.75, 3.05) is 18.1 Å². The van der Waals surface area contributed by atoms with Crippen LogP contribution in [0.25, 0.3) is 5.76 Å². The van der Waals surface area contributed by atoms with Crippen molar-refractivity contribution in [2.45, 2.75) is 53.5 Å². The summed E-state index contributed by atoms with van der Waals surface area (Å²) in [5, 5.41) is 11.6. The summed E-state index contributed by atoms with van der Waals surface area (Å²) in [6.07, 6.45) is 1.86. The van der Waals surface area contributed by atoms with Crippen LogP contribution in [0.5, 0.6) is 11.5 Å². The third-order valence-electron chi connectivity index (χ3n) is 6.42. The third kappa shape index (κ3) is 5.59. The van der Waals surface area contributed by atoms with Gasteiger partial charge in [0.1, 0.15) is 5.76 Å². The minimum Gasteiger partial charge on any atom is -0.507 e. The largest absolute Gasteiger partial charge is 0.507 e. The minimum absolute atomic E-state index is 0.0665. The first-order valence-electron chi connectivity index (χ1n) is 12.9. The van der Waals surface area contributed by atoms with Crippen molar-refractivity contribution < 1.29 is 29.0 Å². The van der Waals surface area contributed by atoms with E-state index in [0.717, 1.165) is 29.7 Å². The second kappa shape index (κ2) is 11.8. The maximum Gasteiger partial charge on any atom is 0.301 e. The molecule has 39 heavy (non-hydrogen) atoms. The van der Waals surface area contributed by atoms with Gasteiger partial charge in [0.25, 0.3) is 5.78 Å². The van der Waals surface area contributed by atoms with E-state index in [9.17, 15) is 19.5 Å². The smallest absolute Gasteiger partial charge is 0.301 e. The zero-order valence-corrected chi connectivity index (χ0v) is 23.6. The zero-order valence-electron chi connectivity index (χ0n) is 22.7. The number of anilines is 1. The normalized spacial score (nSPS) is 16.5. The van der Waals surface area contributed by atoms with Gasteiger partial charge in [0.05, 0.1) is 35.4 Å². The van der Waals surface area contributed by atoms with E-state index in [4.69, 9.17) is 9.47 Å². The molecule has 1 unspecified atom stereocenters. The van der Waals surface area contributed by atoms with E-state index in [2.05, 4.69) is 11.9 Å². The molecule has 8 nitrogen and oxygen atoms in total. The number of hydrogen-bond donors (Lipinski definition) is 1. The highest BCUT2D eigenvalue weighted by atomic mass is 32.1. The summed E-state index contributed by atoms with van der Waals surface area (Å²) in [5.41, 5.74) is 2.33. The number of rotatable bonds is 10. The number of aromatic nitrogens is 1. The molecule has 0 aliphatic carbocycles. The van der Waals surface area contributed by atoms with Gasteiger partial charge in [-0.25, -0.2) is 4.98 Å². The van der Waals surface area contributed by atoms with Crippen LogP contribution in [-0.4, -0.2) is 40.8 Å². The SMILES string of the molecule is CCCCOc1ccc(C2C(=C(O)c3ccc(C)cc3)C(=O)C(=O)N2c2nc(C)c(C(C)=O)s2)cc1OCC. The Morgan fingerprint density at radius 3 is 2.38 bits per heavy atom. The molecule has 0 spiro atoms. The number of Topliss-reactive ketones (excluding diaryl/α,β-unsaturated/α-hetero) is 2. The molecule has 0 saturated carbocycles. The van der Waals surface area contributed by atoms with E-state index < -0.39 is 17.7 Å². The highest BCUT2D eigenvalue weighted by molar-refractivity contribution is 7.18. The Kier molecular flexibility index (Phi) is 8.50. The molecule has 9 heteroatoms. The third-order valence-corrected chi connectivity index (χ3v) is 7.68. The average molecular weight is 549 g/mol. The van der Waals surface area contributed by atoms with Crippen LogP contribution in [0.4, 0.5) is 5.13 Å². The fourth-order valence-corrected chi connectivity index (χ4v) is 5.42. The number of ketones is 2. The van der Waals surface area contributed by atoms with Crippen molar-refractivity contribution in [1.29, 1.82) is 0 Å². The van der Waals surface area contributed by atoms with Crippen molar-refractivity contribution in [2.24, 2.45) is 0 Å². The van der Waals surface area contributed by atoms with Crippen molar-refractivity contribution in [1.82, 2.24) is 4.98 Å². The summed E-state index contributed by atoms with van der Waals surface area (Å²) in [5.74, 6) is -1.13. The van der Waals surface area contributed by atoms with Gasteiger partial charge in [-0.15, -0.1) is 0 Å². The molecular formula is C30H32N2O6S. The number of carbonyl (C=O) groups is 3. The molecule has 3 aromatic rings. The van der Waals surface area contributed by atoms with E-state index in [1.54, 1.807) is 37.3 Å². The number of hydrogen-bond acceptors (Lipinski definition) is 8. The Morgan fingerprint density at radius 2 is 1.77 bits per heavy atom. The summed E-state index contributed by atoms with van der Waals surface area (Å²) >= 11 is 1.04. The molecule has 0 bridgehead atoms. The molecule has 1 amide bonds. The van der Waals surface area contributed by atoms with Gasteiger partial charge in [-0.05, 0) is 44.9 Å². The second-order valence-electron chi connectivity index (χ2n) is 9.34. The Labute approximate surface area is 231 Å². The predicted molar refractivity (Wildman–Crippen MR) is 151 cm³/mol. The summed E-state index contributed by atoms with van der Waals surface area (Å²) in [6.45, 7) is 9.86. The standard InChI is InChI=1S/C30H32N2O6S/c1-6-8-15-38-22-14-13-21(16-23(22)37-7-2)25-24(26(34)20-11-9-17(3)10-12-20)27(35)29(36)32(25)30-31-18(4)28(39-30)19(5)33/h9-14,16,25,34H,6-8,15H2,1-5H3. The molecule has 2 aromatic carbocycles. The number of ether oxygens (including phenoxy) is 2. The van der Waals surface area contributed by atoms with Crippen molar-refractivity contribution in [3.8, 4) is 11.5 Å². The first-order chi connectivity index (χ1) is 18.7. The number of carbonyl (C=O) groups excluding carboxylic acids is 3. The number of aliphatic hydroxyl groups excluding tert-OH is 1. The molecule has 2 heterocycles. The summed E-state index contributed by atoms with van der Waals surface area (Å²) in [4.78, 5) is 45.3. The van der Waals surface area contributed by atoms with E-state index >= 15 is 0 Å². The molecule has 4 rings (SSSR count). The molecule has 1 N–H and O–H groups in total. The van der Waals surface area contributed by atoms with E-state index in [1.165, 1.54) is 11.8 Å². The monoisotopic (exact) mass is 548 g/mol. The molecule has 1 atom stereocenters. The lowest BCUT2D eigenvalue weighted by Crippen LogP contribution is -2.29. The molecule has 1 aromatic heterocycles. The molecule has 1 aliphatic rings. The van der Waals surface area contributed by atoms with E-state index in [0.29, 0.717) is 46.4 Å². The Morgan fingerprint density at radius 1 is 1.05 bits per heavy atom. The molecule has 204 valence electrons. The maximum atomic E-state index is 13.5. The van der Waals surface area contributed by atoms with Crippen LogP contribution in [0.1, 0.15) is 71.7 Å². The highest BCUT2D eigenvalue weighted by Gasteiger charge is 2.48. The molecule has 1 saturated heterocycles. The van der Waals surface area contributed by atoms with Crippen LogP contribution >= 0.6 is 11.3 Å². The zero-order chi connectivity index (χ0) is 28.3. The van der Waals surface area contributed by atoms with Crippen LogP contribution in [0.2, 0.25) is 0 Å². The van der Waals surface area contributed by atoms with Crippen molar-refractivity contribution in [3.05, 3.63) is 75.3 Å². The summed E-state index contributed by atoms with van der Waals surface area (Å²) < 4.78 is 11.8. The fraction of sp³-hybridized carbons (Fsp3) is 0.333. The number of nitrogens with zero attached hydrogens (tertiary/aromatic N) is 2. The van der Waals surface area contributed by atoms with Crippen molar-refractivity contribution >= 4 is 39.7 Å². The lowest BCUT2D eigenvalue weighted by Gasteiger charge is -2.24. The van der Waals surface area contributed by atoms with Gasteiger partial charge in [0.2, 0.25) is 0 Å². The van der Waals surface area contributed by atoms with Gasteiger partial charge in [0, 0.05) is 12.5 Å². The number of unbranched alkanes of at least 4 members (excludes halogenated alkanes) is 1. The van der Waals surface area contributed by atoms with Gasteiger partial charge in [-0.2, -0.15) is 0 Å². The molecule has 1 aliphatic heterocycles. The Bertz CT molecular complexity index is 1440. The number of thiazole rings is 1. The van der Waals surface area contributed by atoms with Crippen LogP contribution in [0, 0.1) is 13.8 Å². The number of aliphatic hydroxyl groups is 1. The molecule has 0 radical (unpaired) electrons. The summed E-state index contributed by atoms with van der Waals surface area (Å²) in [6, 6.07) is 11.3.